The first-order valence-corrected chi connectivity index (χ1v) is 12.7. The number of hydrogen-bond donors (Lipinski definition) is 1. The summed E-state index contributed by atoms with van der Waals surface area (Å²) in [5.41, 5.74) is 3.96. The van der Waals surface area contributed by atoms with Gasteiger partial charge in [-0.1, -0.05) is 24.8 Å². The van der Waals surface area contributed by atoms with Crippen LogP contribution >= 0.6 is 0 Å². The van der Waals surface area contributed by atoms with E-state index in [-0.39, 0.29) is 5.82 Å². The summed E-state index contributed by atoms with van der Waals surface area (Å²) in [5, 5.41) is 3.10. The zero-order valence-corrected chi connectivity index (χ0v) is 21.0. The first-order chi connectivity index (χ1) is 17.5. The molecular formula is C28H27FN4O2S. The van der Waals surface area contributed by atoms with Gasteiger partial charge in [0.2, 0.25) is 0 Å². The Morgan fingerprint density at radius 2 is 1.89 bits per heavy atom. The monoisotopic (exact) mass is 502 g/mol. The van der Waals surface area contributed by atoms with E-state index in [0.717, 1.165) is 31.6 Å². The fraction of sp³-hybridized carbons (Fsp3) is 0.214. The molecule has 2 aromatic carbocycles. The number of nitrogens with zero attached hydrogens (tertiary/aromatic N) is 3. The number of imidazole rings is 1. The highest BCUT2D eigenvalue weighted by molar-refractivity contribution is 7.82. The molecule has 1 saturated heterocycles. The van der Waals surface area contributed by atoms with Gasteiger partial charge in [-0.3, -0.25) is 4.79 Å². The zero-order chi connectivity index (χ0) is 25.5. The number of benzene rings is 2. The molecule has 1 fully saturated rings. The molecule has 0 radical (unpaired) electrons. The van der Waals surface area contributed by atoms with Crippen LogP contribution in [0.25, 0.3) is 5.65 Å². The molecular weight excluding hydrogens is 475 g/mol. The summed E-state index contributed by atoms with van der Waals surface area (Å²) < 4.78 is 29.5. The Morgan fingerprint density at radius 3 is 2.58 bits per heavy atom. The fourth-order valence-corrected chi connectivity index (χ4v) is 5.27. The smallest absolute Gasteiger partial charge is 0.150 e. The van der Waals surface area contributed by atoms with Crippen LogP contribution in [0, 0.1) is 23.6 Å². The van der Waals surface area contributed by atoms with Gasteiger partial charge in [0.15, 0.2) is 0 Å². The van der Waals surface area contributed by atoms with Crippen molar-refractivity contribution >= 4 is 22.9 Å². The van der Waals surface area contributed by atoms with Crippen molar-refractivity contribution in [2.45, 2.75) is 18.4 Å². The molecule has 1 atom stereocenters. The molecule has 0 spiro atoms. The van der Waals surface area contributed by atoms with Gasteiger partial charge < -0.3 is 9.72 Å². The Labute approximate surface area is 212 Å². The first-order valence-electron chi connectivity index (χ1n) is 11.6. The van der Waals surface area contributed by atoms with Gasteiger partial charge in [-0.25, -0.2) is 17.9 Å². The van der Waals surface area contributed by atoms with E-state index < -0.39 is 11.0 Å². The second kappa shape index (κ2) is 11.9. The van der Waals surface area contributed by atoms with Crippen molar-refractivity contribution in [2.24, 2.45) is 5.92 Å². The molecule has 2 aromatic heterocycles. The molecule has 1 aliphatic rings. The van der Waals surface area contributed by atoms with E-state index in [1.807, 2.05) is 28.1 Å². The molecule has 4 aromatic rings. The average molecular weight is 503 g/mol. The number of carbonyl (C=O) groups is 1. The van der Waals surface area contributed by atoms with Crippen LogP contribution in [0.2, 0.25) is 0 Å². The highest BCUT2D eigenvalue weighted by Gasteiger charge is 2.29. The molecule has 3 heterocycles. The van der Waals surface area contributed by atoms with Crippen LogP contribution < -0.4 is 5.32 Å². The molecule has 1 unspecified atom stereocenters. The van der Waals surface area contributed by atoms with Crippen molar-refractivity contribution < 1.29 is 13.4 Å². The number of nitrogens with one attached hydrogen (secondary N) is 1. The second-order valence-corrected chi connectivity index (χ2v) is 10.0. The highest BCUT2D eigenvalue weighted by atomic mass is 32.2. The van der Waals surface area contributed by atoms with Gasteiger partial charge in [-0.15, -0.1) is 0 Å². The standard InChI is InChI=1S/C19H16FNO2S.C9H11N3/c1-14-11-21(12-14)24(23)19-9-5-16(13-22)10-17(19)6-2-15-3-7-18(20)8-4-15;1-10-7-8-2-4-12-5-3-11-9(12)6-8/h3-5,7-10,13-14H,11-12H2,1H3;2-6,10H,7H2,1H3. The summed E-state index contributed by atoms with van der Waals surface area (Å²) in [6.45, 7) is 4.57. The summed E-state index contributed by atoms with van der Waals surface area (Å²) in [6, 6.07) is 15.0. The summed E-state index contributed by atoms with van der Waals surface area (Å²) in [7, 11) is 0.650. The minimum Gasteiger partial charge on any atom is -0.316 e. The number of fused-ring (bicyclic) bond motifs is 1. The van der Waals surface area contributed by atoms with Crippen LogP contribution in [-0.2, 0) is 17.5 Å². The van der Waals surface area contributed by atoms with Crippen molar-refractivity contribution in [1.82, 2.24) is 19.0 Å². The van der Waals surface area contributed by atoms with Crippen LogP contribution in [0.3, 0.4) is 0 Å². The summed E-state index contributed by atoms with van der Waals surface area (Å²) >= 11 is 0. The zero-order valence-electron chi connectivity index (χ0n) is 20.1. The van der Waals surface area contributed by atoms with Gasteiger partial charge in [0.1, 0.15) is 28.7 Å². The Kier molecular flexibility index (Phi) is 8.39. The molecule has 0 saturated carbocycles. The Hall–Kier alpha value is -3.64. The molecule has 5 rings (SSSR count). The minimum absolute atomic E-state index is 0.322. The van der Waals surface area contributed by atoms with Gasteiger partial charge in [-0.05, 0) is 67.1 Å². The lowest BCUT2D eigenvalue weighted by atomic mass is 10.1. The van der Waals surface area contributed by atoms with Gasteiger partial charge in [0.05, 0.1) is 4.90 Å². The van der Waals surface area contributed by atoms with Gasteiger partial charge in [0, 0.05) is 54.9 Å². The predicted octanol–water partition coefficient (Wildman–Crippen LogP) is 4.07. The topological polar surface area (TPSA) is 66.7 Å². The minimum atomic E-state index is -1.29. The van der Waals surface area contributed by atoms with Gasteiger partial charge in [-0.2, -0.15) is 0 Å². The van der Waals surface area contributed by atoms with E-state index in [0.29, 0.717) is 27.5 Å². The number of rotatable bonds is 5. The molecule has 36 heavy (non-hydrogen) atoms. The van der Waals surface area contributed by atoms with Gasteiger partial charge >= 0.3 is 0 Å². The van der Waals surface area contributed by atoms with Crippen molar-refractivity contribution in [1.29, 1.82) is 0 Å². The lowest BCUT2D eigenvalue weighted by molar-refractivity contribution is 0.112. The predicted molar refractivity (Wildman–Crippen MR) is 139 cm³/mol. The van der Waals surface area contributed by atoms with E-state index in [1.165, 1.54) is 17.7 Å². The maximum absolute atomic E-state index is 13.0. The largest absolute Gasteiger partial charge is 0.316 e. The molecule has 0 amide bonds. The number of halogens is 1. The Bertz CT molecular complexity index is 1430. The van der Waals surface area contributed by atoms with Crippen LogP contribution in [0.4, 0.5) is 4.39 Å². The second-order valence-electron chi connectivity index (χ2n) is 8.59. The van der Waals surface area contributed by atoms with Crippen LogP contribution in [0.1, 0.15) is 34.0 Å². The first kappa shape index (κ1) is 25.5. The highest BCUT2D eigenvalue weighted by Crippen LogP contribution is 2.24. The lowest BCUT2D eigenvalue weighted by Gasteiger charge is -2.35. The molecule has 1 aliphatic heterocycles. The third-order valence-corrected chi connectivity index (χ3v) is 7.12. The van der Waals surface area contributed by atoms with Crippen molar-refractivity contribution in [3.8, 4) is 11.8 Å². The van der Waals surface area contributed by atoms with E-state index in [9.17, 15) is 13.4 Å². The number of aromatic nitrogens is 2. The van der Waals surface area contributed by atoms with Gasteiger partial charge in [0.25, 0.3) is 0 Å². The van der Waals surface area contributed by atoms with Crippen LogP contribution in [0.5, 0.6) is 0 Å². The van der Waals surface area contributed by atoms with Crippen molar-refractivity contribution in [3.63, 3.8) is 0 Å². The summed E-state index contributed by atoms with van der Waals surface area (Å²) in [4.78, 5) is 15.8. The summed E-state index contributed by atoms with van der Waals surface area (Å²) in [5.74, 6) is 6.12. The number of pyridine rings is 1. The third kappa shape index (κ3) is 6.32. The van der Waals surface area contributed by atoms with Crippen molar-refractivity contribution in [3.05, 3.63) is 101 Å². The lowest BCUT2D eigenvalue weighted by Crippen LogP contribution is -2.45. The molecule has 0 bridgehead atoms. The van der Waals surface area contributed by atoms with E-state index in [4.69, 9.17) is 0 Å². The average Bonchev–Trinajstić information content (AvgIpc) is 3.34. The van der Waals surface area contributed by atoms with Crippen LogP contribution in [-0.4, -0.2) is 44.3 Å². The van der Waals surface area contributed by atoms with E-state index in [2.05, 4.69) is 41.2 Å². The molecule has 0 aliphatic carbocycles. The quantitative estimate of drug-likeness (QED) is 0.330. The molecule has 8 heteroatoms. The number of hydrogen-bond acceptors (Lipinski definition) is 4. The molecule has 6 nitrogen and oxygen atoms in total. The van der Waals surface area contributed by atoms with E-state index in [1.54, 1.807) is 36.5 Å². The van der Waals surface area contributed by atoms with Crippen molar-refractivity contribution in [2.75, 3.05) is 20.1 Å². The normalized spacial score (nSPS) is 14.2. The molecule has 1 N–H and O–H groups in total. The third-order valence-electron chi connectivity index (χ3n) is 5.62. The fourth-order valence-electron chi connectivity index (χ4n) is 3.73. The maximum Gasteiger partial charge on any atom is 0.150 e. The van der Waals surface area contributed by atoms with Crippen LogP contribution in [0.15, 0.2) is 78.1 Å². The molecule has 184 valence electrons. The maximum atomic E-state index is 13.0. The SMILES string of the molecule is CC1CN(S(=O)c2ccc(C=O)cc2C#Cc2ccc(F)cc2)C1.CNCc1ccn2ccnc2c1. The Morgan fingerprint density at radius 1 is 1.11 bits per heavy atom. The van der Waals surface area contributed by atoms with E-state index >= 15 is 0 Å². The Balaban J connectivity index is 0.000000211. The number of carbonyl (C=O) groups excluding carboxylic acids is 1. The summed E-state index contributed by atoms with van der Waals surface area (Å²) in [6.07, 6.45) is 6.51. The number of aldehydes is 1.